The first-order valence-electron chi connectivity index (χ1n) is 9.98. The molecule has 0 aliphatic carbocycles. The standard InChI is InChI=1S/C22H28N2O3S/c1-2-9-21(18-10-5-3-6-11-18)23-22(25)19-12-14-20(15-13-19)28(26,27)24-16-7-4-8-17-24/h3,5-6,10-15,21H,2,4,7-9,16-17H2,1H3,(H,23,25)/t21-/m0/s1. The SMILES string of the molecule is CCC[C@H](NC(=O)c1ccc(S(=O)(=O)N2CCCCC2)cc1)c1ccccc1. The summed E-state index contributed by atoms with van der Waals surface area (Å²) in [5.41, 5.74) is 1.54. The third-order valence-electron chi connectivity index (χ3n) is 5.15. The van der Waals surface area contributed by atoms with Crippen molar-refractivity contribution >= 4 is 15.9 Å². The molecule has 0 radical (unpaired) electrons. The van der Waals surface area contributed by atoms with Gasteiger partial charge in [0.15, 0.2) is 0 Å². The van der Waals surface area contributed by atoms with E-state index in [1.807, 2.05) is 30.3 Å². The molecule has 5 nitrogen and oxygen atoms in total. The number of hydrogen-bond donors (Lipinski definition) is 1. The van der Waals surface area contributed by atoms with Crippen molar-refractivity contribution in [3.05, 3.63) is 65.7 Å². The molecule has 0 saturated carbocycles. The van der Waals surface area contributed by atoms with Crippen LogP contribution in [0.2, 0.25) is 0 Å². The zero-order chi connectivity index (χ0) is 20.0. The summed E-state index contributed by atoms with van der Waals surface area (Å²) in [5, 5.41) is 3.07. The summed E-state index contributed by atoms with van der Waals surface area (Å²) in [6.45, 7) is 3.23. The molecule has 3 rings (SSSR count). The molecule has 1 saturated heterocycles. The highest BCUT2D eigenvalue weighted by Gasteiger charge is 2.26. The molecular formula is C22H28N2O3S. The largest absolute Gasteiger partial charge is 0.345 e. The molecule has 1 atom stereocenters. The lowest BCUT2D eigenvalue weighted by atomic mass is 10.0. The van der Waals surface area contributed by atoms with Crippen LogP contribution in [0.15, 0.2) is 59.5 Å². The van der Waals surface area contributed by atoms with Gasteiger partial charge in [-0.15, -0.1) is 0 Å². The molecule has 6 heteroatoms. The number of hydrogen-bond acceptors (Lipinski definition) is 3. The van der Waals surface area contributed by atoms with Gasteiger partial charge in [0.25, 0.3) is 5.91 Å². The first-order valence-corrected chi connectivity index (χ1v) is 11.4. The van der Waals surface area contributed by atoms with Crippen LogP contribution >= 0.6 is 0 Å². The Labute approximate surface area is 167 Å². The van der Waals surface area contributed by atoms with E-state index < -0.39 is 10.0 Å². The minimum absolute atomic E-state index is 0.0598. The average molecular weight is 401 g/mol. The van der Waals surface area contributed by atoms with Crippen molar-refractivity contribution < 1.29 is 13.2 Å². The van der Waals surface area contributed by atoms with E-state index >= 15 is 0 Å². The molecule has 1 heterocycles. The second kappa shape index (κ2) is 9.34. The summed E-state index contributed by atoms with van der Waals surface area (Å²) in [7, 11) is -3.48. The van der Waals surface area contributed by atoms with Crippen LogP contribution in [0.1, 0.15) is 61.0 Å². The fourth-order valence-electron chi connectivity index (χ4n) is 3.57. The van der Waals surface area contributed by atoms with Crippen molar-refractivity contribution in [2.45, 2.75) is 50.0 Å². The van der Waals surface area contributed by atoms with E-state index in [0.717, 1.165) is 37.7 Å². The van der Waals surface area contributed by atoms with Crippen molar-refractivity contribution in [2.75, 3.05) is 13.1 Å². The maximum absolute atomic E-state index is 12.7. The van der Waals surface area contributed by atoms with Crippen LogP contribution in [-0.4, -0.2) is 31.7 Å². The van der Waals surface area contributed by atoms with Gasteiger partial charge in [-0.25, -0.2) is 8.42 Å². The molecule has 150 valence electrons. The summed E-state index contributed by atoms with van der Waals surface area (Å²) < 4.78 is 27.0. The van der Waals surface area contributed by atoms with Gasteiger partial charge >= 0.3 is 0 Å². The number of rotatable bonds is 7. The van der Waals surface area contributed by atoms with Gasteiger partial charge in [0.05, 0.1) is 10.9 Å². The Morgan fingerprint density at radius 1 is 1.00 bits per heavy atom. The van der Waals surface area contributed by atoms with Crippen molar-refractivity contribution in [1.29, 1.82) is 0 Å². The zero-order valence-corrected chi connectivity index (χ0v) is 17.1. The van der Waals surface area contributed by atoms with E-state index in [4.69, 9.17) is 0 Å². The molecule has 1 N–H and O–H groups in total. The monoisotopic (exact) mass is 400 g/mol. The quantitative estimate of drug-likeness (QED) is 0.760. The highest BCUT2D eigenvalue weighted by molar-refractivity contribution is 7.89. The highest BCUT2D eigenvalue weighted by Crippen LogP contribution is 2.22. The first-order chi connectivity index (χ1) is 13.5. The minimum Gasteiger partial charge on any atom is -0.345 e. The zero-order valence-electron chi connectivity index (χ0n) is 16.3. The smallest absolute Gasteiger partial charge is 0.251 e. The number of benzene rings is 2. The maximum Gasteiger partial charge on any atom is 0.251 e. The Hall–Kier alpha value is -2.18. The Kier molecular flexibility index (Phi) is 6.86. The molecule has 0 unspecified atom stereocenters. The topological polar surface area (TPSA) is 66.5 Å². The third kappa shape index (κ3) is 4.80. The number of piperidine rings is 1. The number of sulfonamides is 1. The molecule has 2 aromatic carbocycles. The molecular weight excluding hydrogens is 372 g/mol. The predicted molar refractivity (Wildman–Crippen MR) is 111 cm³/mol. The summed E-state index contributed by atoms with van der Waals surface area (Å²) in [6.07, 6.45) is 4.67. The minimum atomic E-state index is -3.48. The Morgan fingerprint density at radius 3 is 2.25 bits per heavy atom. The number of nitrogens with one attached hydrogen (secondary N) is 1. The number of carbonyl (C=O) groups is 1. The van der Waals surface area contributed by atoms with Crippen LogP contribution in [0.25, 0.3) is 0 Å². The van der Waals surface area contributed by atoms with E-state index in [1.54, 1.807) is 12.1 Å². The number of nitrogens with zero attached hydrogens (tertiary/aromatic N) is 1. The molecule has 2 aromatic rings. The predicted octanol–water partition coefficient (Wildman–Crippen LogP) is 4.13. The van der Waals surface area contributed by atoms with Crippen molar-refractivity contribution in [3.8, 4) is 0 Å². The van der Waals surface area contributed by atoms with Crippen LogP contribution in [0.3, 0.4) is 0 Å². The van der Waals surface area contributed by atoms with Crippen LogP contribution < -0.4 is 5.32 Å². The number of amides is 1. The van der Waals surface area contributed by atoms with E-state index in [9.17, 15) is 13.2 Å². The van der Waals surface area contributed by atoms with Crippen molar-refractivity contribution in [3.63, 3.8) is 0 Å². The van der Waals surface area contributed by atoms with Crippen LogP contribution in [0.5, 0.6) is 0 Å². The second-order valence-corrected chi connectivity index (χ2v) is 9.15. The van der Waals surface area contributed by atoms with Gasteiger partial charge in [-0.05, 0) is 49.1 Å². The molecule has 28 heavy (non-hydrogen) atoms. The number of carbonyl (C=O) groups excluding carboxylic acids is 1. The Balaban J connectivity index is 1.72. The van der Waals surface area contributed by atoms with Gasteiger partial charge in [0.1, 0.15) is 0 Å². The second-order valence-electron chi connectivity index (χ2n) is 7.21. The molecule has 0 spiro atoms. The van der Waals surface area contributed by atoms with Gasteiger partial charge in [-0.3, -0.25) is 4.79 Å². The van der Waals surface area contributed by atoms with Gasteiger partial charge in [0.2, 0.25) is 10.0 Å². The average Bonchev–Trinajstić information content (AvgIpc) is 2.74. The van der Waals surface area contributed by atoms with Crippen LogP contribution in [0, 0.1) is 0 Å². The summed E-state index contributed by atoms with van der Waals surface area (Å²) in [4.78, 5) is 12.9. The molecule has 0 aromatic heterocycles. The lowest BCUT2D eigenvalue weighted by Gasteiger charge is -2.25. The van der Waals surface area contributed by atoms with Crippen LogP contribution in [0.4, 0.5) is 0 Å². The van der Waals surface area contributed by atoms with Gasteiger partial charge in [0, 0.05) is 18.7 Å². The van der Waals surface area contributed by atoms with Crippen LogP contribution in [-0.2, 0) is 10.0 Å². The summed E-state index contributed by atoms with van der Waals surface area (Å²) in [5.74, 6) is -0.191. The Bertz CT molecular complexity index is 874. The fraction of sp³-hybridized carbons (Fsp3) is 0.409. The van der Waals surface area contributed by atoms with E-state index in [1.165, 1.54) is 16.4 Å². The molecule has 0 bridgehead atoms. The molecule has 1 amide bonds. The molecule has 1 aliphatic heterocycles. The van der Waals surface area contributed by atoms with Crippen molar-refractivity contribution in [2.24, 2.45) is 0 Å². The molecule has 1 aliphatic rings. The van der Waals surface area contributed by atoms with Gasteiger partial charge < -0.3 is 5.32 Å². The van der Waals surface area contributed by atoms with Gasteiger partial charge in [-0.2, -0.15) is 4.31 Å². The summed E-state index contributed by atoms with van der Waals surface area (Å²) >= 11 is 0. The highest BCUT2D eigenvalue weighted by atomic mass is 32.2. The normalized spacial score (nSPS) is 16.5. The maximum atomic E-state index is 12.7. The fourth-order valence-corrected chi connectivity index (χ4v) is 5.09. The van der Waals surface area contributed by atoms with Crippen molar-refractivity contribution in [1.82, 2.24) is 9.62 Å². The van der Waals surface area contributed by atoms with E-state index in [2.05, 4.69) is 12.2 Å². The Morgan fingerprint density at radius 2 is 1.64 bits per heavy atom. The van der Waals surface area contributed by atoms with E-state index in [0.29, 0.717) is 18.7 Å². The lowest BCUT2D eigenvalue weighted by Crippen LogP contribution is -2.35. The van der Waals surface area contributed by atoms with Gasteiger partial charge in [-0.1, -0.05) is 50.1 Å². The van der Waals surface area contributed by atoms with E-state index in [-0.39, 0.29) is 16.8 Å². The summed E-state index contributed by atoms with van der Waals surface area (Å²) in [6, 6.07) is 16.1. The molecule has 1 fully saturated rings. The third-order valence-corrected chi connectivity index (χ3v) is 7.07. The lowest BCUT2D eigenvalue weighted by molar-refractivity contribution is 0.0934. The first kappa shape index (κ1) is 20.6.